The van der Waals surface area contributed by atoms with Crippen LogP contribution in [0, 0.1) is 0 Å². The number of aromatic nitrogens is 1. The van der Waals surface area contributed by atoms with Gasteiger partial charge in [-0.1, -0.05) is 20.8 Å². The first-order chi connectivity index (χ1) is 8.09. The molecule has 2 nitrogen and oxygen atoms in total. The topological polar surface area (TPSA) is 38.9 Å². The molecule has 0 saturated heterocycles. The van der Waals surface area contributed by atoms with Gasteiger partial charge in [0.05, 0.1) is 20.8 Å². The Morgan fingerprint density at radius 1 is 1.17 bits per heavy atom. The summed E-state index contributed by atoms with van der Waals surface area (Å²) in [5.41, 5.74) is 4.55. The van der Waals surface area contributed by atoms with Gasteiger partial charge in [0.1, 0.15) is 0 Å². The van der Waals surface area contributed by atoms with Crippen LogP contribution in [0.3, 0.4) is 0 Å². The van der Waals surface area contributed by atoms with Crippen molar-refractivity contribution >= 4 is 27.2 Å². The fraction of sp³-hybridized carbons (Fsp3) is 0.417. The molecule has 6 heteroatoms. The highest BCUT2D eigenvalue weighted by Gasteiger charge is 2.33. The molecule has 0 unspecified atom stereocenters. The maximum Gasteiger partial charge on any atom is 0.418 e. The van der Waals surface area contributed by atoms with Crippen molar-refractivity contribution in [1.82, 2.24) is 4.98 Å². The van der Waals surface area contributed by atoms with E-state index < -0.39 is 11.7 Å². The molecule has 1 aromatic heterocycles. The van der Waals surface area contributed by atoms with Crippen LogP contribution in [0.5, 0.6) is 0 Å². The number of fused-ring (bicyclic) bond motifs is 1. The second-order valence-corrected chi connectivity index (χ2v) is 6.20. The quantitative estimate of drug-likeness (QED) is 0.731. The smallest absolute Gasteiger partial charge is 0.398 e. The Labute approximate surface area is 107 Å². The number of halogens is 3. The molecule has 98 valence electrons. The third kappa shape index (κ3) is 2.29. The van der Waals surface area contributed by atoms with Gasteiger partial charge >= 0.3 is 6.18 Å². The predicted octanol–water partition coefficient (Wildman–Crippen LogP) is 4.19. The minimum absolute atomic E-state index is 0.184. The molecule has 0 aliphatic heterocycles. The van der Waals surface area contributed by atoms with E-state index in [0.717, 1.165) is 11.1 Å². The van der Waals surface area contributed by atoms with E-state index in [2.05, 4.69) is 4.98 Å². The zero-order chi connectivity index (χ0) is 13.7. The number of nitrogens with zero attached hydrogens (tertiary/aromatic N) is 1. The van der Waals surface area contributed by atoms with Crippen LogP contribution in [-0.2, 0) is 11.6 Å². The molecule has 0 radical (unpaired) electrons. The number of benzene rings is 1. The minimum atomic E-state index is -4.44. The van der Waals surface area contributed by atoms with Crippen molar-refractivity contribution in [3.8, 4) is 0 Å². The van der Waals surface area contributed by atoms with Gasteiger partial charge in [-0.25, -0.2) is 4.98 Å². The van der Waals surface area contributed by atoms with E-state index in [9.17, 15) is 13.2 Å². The molecule has 2 aromatic rings. The fourth-order valence-electron chi connectivity index (χ4n) is 1.56. The van der Waals surface area contributed by atoms with E-state index in [0.29, 0.717) is 10.2 Å². The largest absolute Gasteiger partial charge is 0.418 e. The average Bonchev–Trinajstić information content (AvgIpc) is 2.56. The summed E-state index contributed by atoms with van der Waals surface area (Å²) in [6.07, 6.45) is -4.44. The van der Waals surface area contributed by atoms with Gasteiger partial charge in [0, 0.05) is 11.1 Å². The summed E-state index contributed by atoms with van der Waals surface area (Å²) in [6, 6.07) is 2.38. The maximum absolute atomic E-state index is 12.7. The van der Waals surface area contributed by atoms with E-state index >= 15 is 0 Å². The van der Waals surface area contributed by atoms with Crippen LogP contribution in [0.4, 0.5) is 18.9 Å². The number of anilines is 1. The number of hydrogen-bond donors (Lipinski definition) is 1. The zero-order valence-corrected chi connectivity index (χ0v) is 11.0. The Morgan fingerprint density at radius 3 is 2.28 bits per heavy atom. The molecule has 0 atom stereocenters. The van der Waals surface area contributed by atoms with Gasteiger partial charge in [-0.05, 0) is 12.1 Å². The van der Waals surface area contributed by atoms with Crippen molar-refractivity contribution < 1.29 is 13.2 Å². The van der Waals surface area contributed by atoms with Gasteiger partial charge in [0.25, 0.3) is 0 Å². The van der Waals surface area contributed by atoms with Crippen LogP contribution in [0.15, 0.2) is 12.1 Å². The molecule has 0 bridgehead atoms. The molecule has 2 rings (SSSR count). The number of nitrogens with two attached hydrogens (primary N) is 1. The number of alkyl halides is 3. The van der Waals surface area contributed by atoms with Crippen molar-refractivity contribution in [3.63, 3.8) is 0 Å². The van der Waals surface area contributed by atoms with Crippen molar-refractivity contribution in [2.75, 3.05) is 5.73 Å². The van der Waals surface area contributed by atoms with Gasteiger partial charge < -0.3 is 5.73 Å². The first kappa shape index (κ1) is 13.1. The molecule has 0 amide bonds. The molecule has 18 heavy (non-hydrogen) atoms. The zero-order valence-electron chi connectivity index (χ0n) is 10.2. The summed E-state index contributed by atoms with van der Waals surface area (Å²) in [7, 11) is 0. The van der Waals surface area contributed by atoms with Crippen LogP contribution in [0.2, 0.25) is 0 Å². The summed E-state index contributed by atoms with van der Waals surface area (Å²) in [5, 5.41) is 0.802. The van der Waals surface area contributed by atoms with E-state index in [4.69, 9.17) is 5.73 Å². The Hall–Kier alpha value is -1.30. The molecule has 0 aliphatic carbocycles. The van der Waals surface area contributed by atoms with Crippen LogP contribution in [0.1, 0.15) is 31.3 Å². The molecule has 0 aliphatic rings. The summed E-state index contributed by atoms with van der Waals surface area (Å²) in [5.74, 6) is 0. The first-order valence-corrected chi connectivity index (χ1v) is 6.18. The van der Waals surface area contributed by atoms with Gasteiger partial charge in [-0.2, -0.15) is 13.2 Å². The maximum atomic E-state index is 12.7. The lowest BCUT2D eigenvalue weighted by atomic mass is 9.98. The normalized spacial score (nSPS) is 13.2. The van der Waals surface area contributed by atoms with Crippen LogP contribution >= 0.6 is 11.3 Å². The van der Waals surface area contributed by atoms with Gasteiger partial charge in [-0.3, -0.25) is 0 Å². The Morgan fingerprint density at radius 2 is 1.78 bits per heavy atom. The number of nitrogen functional groups attached to an aromatic ring is 1. The number of hydrogen-bond acceptors (Lipinski definition) is 3. The SMILES string of the molecule is CC(C)(C)c1nc2cc(C(F)(F)F)c(N)cc2s1. The van der Waals surface area contributed by atoms with Crippen LogP contribution < -0.4 is 5.73 Å². The highest BCUT2D eigenvalue weighted by atomic mass is 32.1. The van der Waals surface area contributed by atoms with Crippen LogP contribution in [-0.4, -0.2) is 4.98 Å². The molecular formula is C12H13F3N2S. The third-order valence-electron chi connectivity index (χ3n) is 2.51. The molecule has 0 saturated carbocycles. The lowest BCUT2D eigenvalue weighted by molar-refractivity contribution is -0.136. The Kier molecular flexibility index (Phi) is 2.81. The van der Waals surface area contributed by atoms with E-state index in [1.165, 1.54) is 17.4 Å². The second-order valence-electron chi connectivity index (χ2n) is 5.17. The molecule has 1 heterocycles. The number of thiazole rings is 1. The van der Waals surface area contributed by atoms with Gasteiger partial charge in [0.2, 0.25) is 0 Å². The lowest BCUT2D eigenvalue weighted by Gasteiger charge is -2.13. The molecular weight excluding hydrogens is 261 g/mol. The summed E-state index contributed by atoms with van der Waals surface area (Å²) >= 11 is 1.38. The lowest BCUT2D eigenvalue weighted by Crippen LogP contribution is -2.10. The summed E-state index contributed by atoms with van der Waals surface area (Å²) in [4.78, 5) is 4.26. The molecule has 2 N–H and O–H groups in total. The molecule has 0 fully saturated rings. The highest BCUT2D eigenvalue weighted by molar-refractivity contribution is 7.18. The molecule has 0 spiro atoms. The highest BCUT2D eigenvalue weighted by Crippen LogP contribution is 2.38. The van der Waals surface area contributed by atoms with E-state index in [-0.39, 0.29) is 11.1 Å². The van der Waals surface area contributed by atoms with Gasteiger partial charge in [-0.15, -0.1) is 11.3 Å². The van der Waals surface area contributed by atoms with Crippen molar-refractivity contribution in [2.24, 2.45) is 0 Å². The van der Waals surface area contributed by atoms with Gasteiger partial charge in [0.15, 0.2) is 0 Å². The van der Waals surface area contributed by atoms with E-state index in [1.807, 2.05) is 20.8 Å². The summed E-state index contributed by atoms with van der Waals surface area (Å²) < 4.78 is 38.8. The van der Waals surface area contributed by atoms with Crippen molar-refractivity contribution in [3.05, 3.63) is 22.7 Å². The number of rotatable bonds is 0. The predicted molar refractivity (Wildman–Crippen MR) is 67.7 cm³/mol. The Bertz CT molecular complexity index is 594. The van der Waals surface area contributed by atoms with E-state index in [1.54, 1.807) is 0 Å². The van der Waals surface area contributed by atoms with Crippen LogP contribution in [0.25, 0.3) is 10.2 Å². The minimum Gasteiger partial charge on any atom is -0.398 e. The summed E-state index contributed by atoms with van der Waals surface area (Å²) in [6.45, 7) is 5.91. The van der Waals surface area contributed by atoms with Crippen molar-refractivity contribution in [2.45, 2.75) is 32.4 Å². The Balaban J connectivity index is 2.65. The molecule has 1 aromatic carbocycles. The fourth-order valence-corrected chi connectivity index (χ4v) is 2.61. The second kappa shape index (κ2) is 3.85. The standard InChI is InChI=1S/C12H13F3N2S/c1-11(2,3)10-17-8-4-6(12(13,14)15)7(16)5-9(8)18-10/h4-5H,16H2,1-3H3. The average molecular weight is 274 g/mol. The monoisotopic (exact) mass is 274 g/mol. The van der Waals surface area contributed by atoms with Crippen molar-refractivity contribution in [1.29, 1.82) is 0 Å². The first-order valence-electron chi connectivity index (χ1n) is 5.37. The third-order valence-corrected chi connectivity index (χ3v) is 3.95.